The van der Waals surface area contributed by atoms with E-state index in [1.807, 2.05) is 0 Å². The lowest BCUT2D eigenvalue weighted by Gasteiger charge is -2.18. The van der Waals surface area contributed by atoms with Crippen LogP contribution in [0.4, 0.5) is 19.0 Å². The van der Waals surface area contributed by atoms with Crippen LogP contribution in [0.15, 0.2) is 24.5 Å². The zero-order valence-electron chi connectivity index (χ0n) is 10.1. The summed E-state index contributed by atoms with van der Waals surface area (Å²) in [6.07, 6.45) is -0.515. The van der Waals surface area contributed by atoms with Crippen LogP contribution in [-0.4, -0.2) is 29.5 Å². The van der Waals surface area contributed by atoms with Crippen LogP contribution < -0.4 is 4.90 Å². The van der Waals surface area contributed by atoms with Crippen LogP contribution in [0.5, 0.6) is 0 Å². The van der Waals surface area contributed by atoms with Crippen LogP contribution in [0.3, 0.4) is 0 Å². The highest BCUT2D eigenvalue weighted by Crippen LogP contribution is 2.30. The highest BCUT2D eigenvalue weighted by atomic mass is 19.3. The highest BCUT2D eigenvalue weighted by Gasteiger charge is 2.30. The van der Waals surface area contributed by atoms with Gasteiger partial charge in [-0.1, -0.05) is 0 Å². The number of hydrogen-bond acceptors (Lipinski definition) is 3. The molecule has 3 nitrogen and oxygen atoms in total. The molecular weight excluding hydrogens is 255 g/mol. The van der Waals surface area contributed by atoms with Crippen LogP contribution in [0.2, 0.25) is 0 Å². The Hall–Kier alpha value is -1.85. The van der Waals surface area contributed by atoms with Gasteiger partial charge in [-0.25, -0.2) is 23.1 Å². The molecule has 1 aromatic carbocycles. The number of rotatable bonds is 2. The van der Waals surface area contributed by atoms with Crippen molar-refractivity contribution in [1.29, 1.82) is 0 Å². The quantitative estimate of drug-likeness (QED) is 0.837. The number of halogens is 3. The van der Waals surface area contributed by atoms with Gasteiger partial charge < -0.3 is 4.90 Å². The number of benzene rings is 1. The zero-order chi connectivity index (χ0) is 13.4. The molecule has 0 aliphatic carbocycles. The van der Waals surface area contributed by atoms with E-state index in [4.69, 9.17) is 0 Å². The number of nitrogens with zero attached hydrogens (tertiary/aromatic N) is 3. The summed E-state index contributed by atoms with van der Waals surface area (Å²) in [7, 11) is 0. The Balaban J connectivity index is 1.99. The molecule has 0 bridgehead atoms. The number of fused-ring (bicyclic) bond motifs is 1. The van der Waals surface area contributed by atoms with E-state index in [0.29, 0.717) is 29.7 Å². The maximum Gasteiger partial charge on any atom is 0.243 e. The van der Waals surface area contributed by atoms with Gasteiger partial charge in [0.25, 0.3) is 0 Å². The van der Waals surface area contributed by atoms with E-state index < -0.39 is 12.3 Å². The molecule has 1 aliphatic rings. The lowest BCUT2D eigenvalue weighted by molar-refractivity contribution is 0.0880. The lowest BCUT2D eigenvalue weighted by Crippen LogP contribution is -2.23. The van der Waals surface area contributed by atoms with Gasteiger partial charge in [-0.05, 0) is 24.6 Å². The average Bonchev–Trinajstić information content (AvgIpc) is 2.87. The van der Waals surface area contributed by atoms with Gasteiger partial charge in [0.2, 0.25) is 6.43 Å². The molecule has 0 amide bonds. The summed E-state index contributed by atoms with van der Waals surface area (Å²) in [4.78, 5) is 9.96. The van der Waals surface area contributed by atoms with Gasteiger partial charge in [0, 0.05) is 24.4 Å². The molecule has 19 heavy (non-hydrogen) atoms. The lowest BCUT2D eigenvalue weighted by atomic mass is 10.1. The fourth-order valence-corrected chi connectivity index (χ4v) is 2.45. The Morgan fingerprint density at radius 1 is 1.26 bits per heavy atom. The molecule has 100 valence electrons. The zero-order valence-corrected chi connectivity index (χ0v) is 10.1. The van der Waals surface area contributed by atoms with Crippen molar-refractivity contribution >= 4 is 16.7 Å². The summed E-state index contributed by atoms with van der Waals surface area (Å²) in [5, 5.41) is 0.567. The van der Waals surface area contributed by atoms with Crippen molar-refractivity contribution in [3.63, 3.8) is 0 Å². The van der Waals surface area contributed by atoms with Crippen LogP contribution in [0, 0.1) is 11.7 Å². The van der Waals surface area contributed by atoms with Crippen molar-refractivity contribution in [2.45, 2.75) is 12.8 Å². The number of anilines is 1. The van der Waals surface area contributed by atoms with E-state index in [1.54, 1.807) is 11.0 Å². The number of aromatic nitrogens is 2. The number of alkyl halides is 2. The van der Waals surface area contributed by atoms with Gasteiger partial charge in [-0.15, -0.1) is 0 Å². The first-order valence-electron chi connectivity index (χ1n) is 6.08. The Kier molecular flexibility index (Phi) is 3.00. The normalized spacial score (nSPS) is 19.6. The van der Waals surface area contributed by atoms with Crippen molar-refractivity contribution in [2.24, 2.45) is 5.92 Å². The third-order valence-electron chi connectivity index (χ3n) is 3.46. The van der Waals surface area contributed by atoms with Gasteiger partial charge in [0.05, 0.1) is 5.52 Å². The van der Waals surface area contributed by atoms with E-state index in [-0.39, 0.29) is 12.4 Å². The largest absolute Gasteiger partial charge is 0.355 e. The van der Waals surface area contributed by atoms with Crippen LogP contribution in [-0.2, 0) is 0 Å². The summed E-state index contributed by atoms with van der Waals surface area (Å²) >= 11 is 0. The Labute approximate surface area is 108 Å². The van der Waals surface area contributed by atoms with E-state index >= 15 is 0 Å². The van der Waals surface area contributed by atoms with Crippen LogP contribution in [0.1, 0.15) is 6.42 Å². The molecule has 2 aromatic rings. The van der Waals surface area contributed by atoms with E-state index in [2.05, 4.69) is 9.97 Å². The first-order chi connectivity index (χ1) is 9.15. The van der Waals surface area contributed by atoms with Crippen molar-refractivity contribution in [1.82, 2.24) is 9.97 Å². The van der Waals surface area contributed by atoms with E-state index in [9.17, 15) is 13.2 Å². The van der Waals surface area contributed by atoms with Crippen molar-refractivity contribution < 1.29 is 13.2 Å². The second kappa shape index (κ2) is 4.68. The van der Waals surface area contributed by atoms with Crippen LogP contribution in [0.25, 0.3) is 10.9 Å². The molecule has 0 radical (unpaired) electrons. The molecule has 0 N–H and O–H groups in total. The maximum atomic E-state index is 13.3. The molecular formula is C13H12F3N3. The minimum atomic E-state index is -2.32. The fourth-order valence-electron chi connectivity index (χ4n) is 2.45. The van der Waals surface area contributed by atoms with Crippen molar-refractivity contribution in [3.8, 4) is 0 Å². The summed E-state index contributed by atoms with van der Waals surface area (Å²) in [5.74, 6) is -0.487. The number of hydrogen-bond donors (Lipinski definition) is 0. The molecule has 6 heteroatoms. The highest BCUT2D eigenvalue weighted by molar-refractivity contribution is 5.89. The molecule has 1 saturated heterocycles. The maximum absolute atomic E-state index is 13.3. The molecule has 2 heterocycles. The molecule has 3 rings (SSSR count). The van der Waals surface area contributed by atoms with Gasteiger partial charge in [0.15, 0.2) is 0 Å². The van der Waals surface area contributed by atoms with Crippen molar-refractivity contribution in [2.75, 3.05) is 18.0 Å². The first kappa shape index (κ1) is 12.2. The molecule has 1 aliphatic heterocycles. The Morgan fingerprint density at radius 2 is 2.11 bits per heavy atom. The third-order valence-corrected chi connectivity index (χ3v) is 3.46. The van der Waals surface area contributed by atoms with E-state index in [0.717, 1.165) is 0 Å². The summed E-state index contributed by atoms with van der Waals surface area (Å²) in [6.45, 7) is 0.762. The minimum Gasteiger partial charge on any atom is -0.355 e. The molecule has 1 unspecified atom stereocenters. The average molecular weight is 267 g/mol. The molecule has 0 spiro atoms. The third kappa shape index (κ3) is 2.22. The predicted octanol–water partition coefficient (Wildman–Crippen LogP) is 2.86. The molecule has 0 saturated carbocycles. The van der Waals surface area contributed by atoms with Gasteiger partial charge in [-0.3, -0.25) is 0 Å². The minimum absolute atomic E-state index is 0.250. The monoisotopic (exact) mass is 267 g/mol. The SMILES string of the molecule is Fc1ccc2ncnc(N3CCC(C(F)F)C3)c2c1. The summed E-state index contributed by atoms with van der Waals surface area (Å²) in [5.41, 5.74) is 0.617. The van der Waals surface area contributed by atoms with Gasteiger partial charge in [0.1, 0.15) is 18.0 Å². The fraction of sp³-hybridized carbons (Fsp3) is 0.385. The summed E-state index contributed by atoms with van der Waals surface area (Å²) in [6, 6.07) is 4.24. The van der Waals surface area contributed by atoms with E-state index in [1.165, 1.54) is 18.5 Å². The Bertz CT molecular complexity index is 603. The van der Waals surface area contributed by atoms with Gasteiger partial charge >= 0.3 is 0 Å². The summed E-state index contributed by atoms with van der Waals surface area (Å²) < 4.78 is 38.7. The first-order valence-corrected chi connectivity index (χ1v) is 6.08. The van der Waals surface area contributed by atoms with Crippen LogP contribution >= 0.6 is 0 Å². The molecule has 1 aromatic heterocycles. The predicted molar refractivity (Wildman–Crippen MR) is 65.8 cm³/mol. The smallest absolute Gasteiger partial charge is 0.243 e. The molecule has 1 atom stereocenters. The second-order valence-corrected chi connectivity index (χ2v) is 4.69. The van der Waals surface area contributed by atoms with Crippen molar-refractivity contribution in [3.05, 3.63) is 30.3 Å². The molecule has 1 fully saturated rings. The topological polar surface area (TPSA) is 29.0 Å². The van der Waals surface area contributed by atoms with Gasteiger partial charge in [-0.2, -0.15) is 0 Å². The standard InChI is InChI=1S/C13H12F3N3/c14-9-1-2-11-10(5-9)13(18-7-17-11)19-4-3-8(6-19)12(15)16/h1-2,5,7-8,12H,3-4,6H2. The second-order valence-electron chi connectivity index (χ2n) is 4.69. The Morgan fingerprint density at radius 3 is 2.84 bits per heavy atom.